The van der Waals surface area contributed by atoms with Crippen molar-refractivity contribution in [2.75, 3.05) is 0 Å². The fourth-order valence-electron chi connectivity index (χ4n) is 4.37. The summed E-state index contributed by atoms with van der Waals surface area (Å²) in [6.07, 6.45) is 2.34. The molecule has 0 atom stereocenters. The molecule has 33 heavy (non-hydrogen) atoms. The number of fused-ring (bicyclic) bond motifs is 4. The van der Waals surface area contributed by atoms with E-state index in [1.807, 2.05) is 33.8 Å². The van der Waals surface area contributed by atoms with Gasteiger partial charge in [-0.25, -0.2) is 0 Å². The van der Waals surface area contributed by atoms with Crippen LogP contribution in [0.4, 0.5) is 0 Å². The Morgan fingerprint density at radius 2 is 1.67 bits per heavy atom. The Kier molecular flexibility index (Phi) is 3.54. The Hall–Kier alpha value is -2.71. The molecule has 0 unspecified atom stereocenters. The quantitative estimate of drug-likeness (QED) is 0.257. The molecule has 5 aromatic rings. The Morgan fingerprint density at radius 1 is 0.909 bits per heavy atom. The summed E-state index contributed by atoms with van der Waals surface area (Å²) in [6, 6.07) is 3.26. The number of pyridine rings is 1. The van der Waals surface area contributed by atoms with Crippen molar-refractivity contribution < 1.29 is 9.60 Å². The van der Waals surface area contributed by atoms with E-state index in [9.17, 15) is 1.37 Å². The minimum atomic E-state index is -0.579. The molecule has 0 N–H and O–H groups in total. The Labute approximate surface area is 211 Å². The average Bonchev–Trinajstić information content (AvgIpc) is 3.26. The molecule has 0 amide bonds. The van der Waals surface area contributed by atoms with E-state index in [0.717, 1.165) is 25.9 Å². The van der Waals surface area contributed by atoms with Gasteiger partial charge in [0.15, 0.2) is 0 Å². The van der Waals surface area contributed by atoms with Crippen LogP contribution in [0, 0.1) is 12.3 Å². The summed E-state index contributed by atoms with van der Waals surface area (Å²) in [7, 11) is 0. The summed E-state index contributed by atoms with van der Waals surface area (Å²) in [5.74, 6) is 0. The Bertz CT molecular complexity index is 1870. The van der Waals surface area contributed by atoms with Crippen LogP contribution in [-0.2, 0) is 11.8 Å². The standard InChI is InChI=1S/C31H33NS/c1-19-21(18-30(2,3)4)12-13-24-25-14-15-32-27(29(25)33-28(19)24)22-16-20-10-8-9-11-23(20)26(17-22)31(5,6)7/h8-17H,18H2,1-7H3/i8D,9D,10D,11D,12D,13D,17D. The zero-order chi connectivity index (χ0) is 29.6. The lowest BCUT2D eigenvalue weighted by Gasteiger charge is -2.22. The largest absolute Gasteiger partial charge is 0.255 e. The van der Waals surface area contributed by atoms with E-state index >= 15 is 0 Å². The SMILES string of the molecule is [2H]c1c([2H])c([2H])c2c(C(C)(C)C)c([2H])c(-c3nccc4c3sc3c(C)c(CC(C)(C)C)c([2H])c([2H])c34)cc2c1[2H]. The van der Waals surface area contributed by atoms with Gasteiger partial charge in [-0.1, -0.05) is 77.8 Å². The second kappa shape index (κ2) is 7.67. The molecule has 1 nitrogen and oxygen atoms in total. The first-order valence-corrected chi connectivity index (χ1v) is 12.1. The first-order chi connectivity index (χ1) is 18.5. The summed E-state index contributed by atoms with van der Waals surface area (Å²) in [4.78, 5) is 4.71. The number of hydrogen-bond donors (Lipinski definition) is 0. The number of thiophene rings is 1. The lowest BCUT2D eigenvalue weighted by molar-refractivity contribution is 0.410. The van der Waals surface area contributed by atoms with Crippen LogP contribution in [0.25, 0.3) is 42.2 Å². The van der Waals surface area contributed by atoms with Crippen LogP contribution >= 0.6 is 11.3 Å². The molecule has 168 valence electrons. The Morgan fingerprint density at radius 3 is 2.39 bits per heavy atom. The smallest absolute Gasteiger partial charge is 0.0880 e. The zero-order valence-electron chi connectivity index (χ0n) is 27.3. The van der Waals surface area contributed by atoms with Crippen molar-refractivity contribution >= 4 is 42.3 Å². The molecule has 0 bridgehead atoms. The average molecular weight is 459 g/mol. The van der Waals surface area contributed by atoms with Crippen molar-refractivity contribution in [3.63, 3.8) is 0 Å². The van der Waals surface area contributed by atoms with Gasteiger partial charge in [0.25, 0.3) is 0 Å². The third kappa shape index (κ3) is 3.95. The molecular formula is C31H33NS. The maximum absolute atomic E-state index is 9.32. The molecule has 0 aliphatic rings. The van der Waals surface area contributed by atoms with Crippen LogP contribution in [0.2, 0.25) is 0 Å². The number of benzene rings is 3. The third-order valence-electron chi connectivity index (χ3n) is 5.96. The Balaban J connectivity index is 1.94. The van der Waals surface area contributed by atoms with Gasteiger partial charge in [0.1, 0.15) is 0 Å². The zero-order valence-corrected chi connectivity index (χ0v) is 21.1. The normalized spacial score (nSPS) is 15.8. The van der Waals surface area contributed by atoms with Gasteiger partial charge in [0.05, 0.1) is 20.0 Å². The van der Waals surface area contributed by atoms with Crippen molar-refractivity contribution in [2.24, 2.45) is 5.41 Å². The molecule has 2 heterocycles. The number of nitrogens with zero attached hydrogens (tertiary/aromatic N) is 1. The van der Waals surface area contributed by atoms with E-state index in [-0.39, 0.29) is 47.7 Å². The van der Waals surface area contributed by atoms with Crippen LogP contribution in [0.5, 0.6) is 0 Å². The van der Waals surface area contributed by atoms with E-state index in [0.29, 0.717) is 39.4 Å². The molecule has 0 saturated carbocycles. The second-order valence-electron chi connectivity index (χ2n) is 11.0. The highest BCUT2D eigenvalue weighted by Crippen LogP contribution is 2.43. The molecule has 5 rings (SSSR count). The van der Waals surface area contributed by atoms with Crippen molar-refractivity contribution in [1.82, 2.24) is 4.98 Å². The van der Waals surface area contributed by atoms with Gasteiger partial charge in [-0.15, -0.1) is 11.3 Å². The molecule has 0 saturated heterocycles. The predicted octanol–water partition coefficient (Wildman–Crippen LogP) is 9.46. The van der Waals surface area contributed by atoms with Crippen LogP contribution in [0.15, 0.2) is 60.6 Å². The van der Waals surface area contributed by atoms with Gasteiger partial charge in [-0.3, -0.25) is 4.98 Å². The van der Waals surface area contributed by atoms with E-state index in [4.69, 9.17) is 13.2 Å². The van der Waals surface area contributed by atoms with Gasteiger partial charge < -0.3 is 0 Å². The first kappa shape index (κ1) is 15.2. The number of rotatable bonds is 2. The van der Waals surface area contributed by atoms with E-state index < -0.39 is 5.41 Å². The summed E-state index contributed by atoms with van der Waals surface area (Å²) in [5.41, 5.74) is 2.83. The summed E-state index contributed by atoms with van der Waals surface area (Å²) < 4.78 is 62.7. The van der Waals surface area contributed by atoms with Gasteiger partial charge in [-0.2, -0.15) is 0 Å². The first-order valence-electron chi connectivity index (χ1n) is 14.8. The topological polar surface area (TPSA) is 12.9 Å². The van der Waals surface area contributed by atoms with Gasteiger partial charge >= 0.3 is 0 Å². The summed E-state index contributed by atoms with van der Waals surface area (Å²) in [5, 5.41) is 2.25. The number of aryl methyl sites for hydroxylation is 1. The molecule has 0 spiro atoms. The van der Waals surface area contributed by atoms with Crippen LogP contribution in [0.3, 0.4) is 0 Å². The van der Waals surface area contributed by atoms with Crippen molar-refractivity contribution in [3.05, 3.63) is 77.3 Å². The molecule has 3 aromatic carbocycles. The van der Waals surface area contributed by atoms with Crippen LogP contribution in [-0.4, -0.2) is 4.98 Å². The van der Waals surface area contributed by atoms with E-state index in [1.54, 1.807) is 12.3 Å². The lowest BCUT2D eigenvalue weighted by atomic mass is 9.82. The van der Waals surface area contributed by atoms with Crippen molar-refractivity contribution in [1.29, 1.82) is 0 Å². The molecule has 0 aliphatic heterocycles. The highest BCUT2D eigenvalue weighted by Gasteiger charge is 2.21. The molecular weight excluding hydrogens is 418 g/mol. The molecule has 0 aliphatic carbocycles. The highest BCUT2D eigenvalue weighted by molar-refractivity contribution is 7.26. The molecule has 2 heteroatoms. The van der Waals surface area contributed by atoms with E-state index in [2.05, 4.69) is 20.8 Å². The van der Waals surface area contributed by atoms with Crippen molar-refractivity contribution in [3.8, 4) is 11.3 Å². The lowest BCUT2D eigenvalue weighted by Crippen LogP contribution is -2.12. The minimum absolute atomic E-state index is 0.0427. The number of aromatic nitrogens is 1. The molecule has 0 fully saturated rings. The van der Waals surface area contributed by atoms with Crippen molar-refractivity contribution in [2.45, 2.75) is 60.3 Å². The highest BCUT2D eigenvalue weighted by atomic mass is 32.1. The van der Waals surface area contributed by atoms with Crippen LogP contribution in [0.1, 0.15) is 67.8 Å². The predicted molar refractivity (Wildman–Crippen MR) is 147 cm³/mol. The maximum atomic E-state index is 9.32. The number of hydrogen-bond acceptors (Lipinski definition) is 2. The fourth-order valence-corrected chi connectivity index (χ4v) is 5.66. The summed E-state index contributed by atoms with van der Waals surface area (Å²) >= 11 is 1.51. The molecule has 2 aromatic heterocycles. The minimum Gasteiger partial charge on any atom is -0.255 e. The van der Waals surface area contributed by atoms with Crippen LogP contribution < -0.4 is 0 Å². The van der Waals surface area contributed by atoms with E-state index in [1.165, 1.54) is 11.3 Å². The monoisotopic (exact) mass is 458 g/mol. The van der Waals surface area contributed by atoms with Gasteiger partial charge in [-0.05, 0) is 69.8 Å². The fraction of sp³-hybridized carbons (Fsp3) is 0.323. The molecule has 0 radical (unpaired) electrons. The second-order valence-corrected chi connectivity index (χ2v) is 12.1. The van der Waals surface area contributed by atoms with Gasteiger partial charge in [0.2, 0.25) is 0 Å². The summed E-state index contributed by atoms with van der Waals surface area (Å²) in [6.45, 7) is 14.2. The third-order valence-corrected chi connectivity index (χ3v) is 7.30. The van der Waals surface area contributed by atoms with Gasteiger partial charge in [0, 0.05) is 27.2 Å². The maximum Gasteiger partial charge on any atom is 0.0880 e.